The molecule has 5 heteroatoms. The van der Waals surface area contributed by atoms with Crippen LogP contribution in [0.1, 0.15) is 43.3 Å². The number of nitrogens with one attached hydrogen (secondary N) is 1. The van der Waals surface area contributed by atoms with Crippen LogP contribution in [0, 0.1) is 12.3 Å². The summed E-state index contributed by atoms with van der Waals surface area (Å²) in [5.74, 6) is 0.688. The number of H-pyrrole nitrogens is 1. The van der Waals surface area contributed by atoms with Crippen molar-refractivity contribution in [3.05, 3.63) is 45.5 Å². The topological polar surface area (TPSA) is 70.9 Å². The van der Waals surface area contributed by atoms with Gasteiger partial charge >= 0.3 is 0 Å². The molecule has 2 aromatic rings. The van der Waals surface area contributed by atoms with Gasteiger partial charge < -0.3 is 9.67 Å². The Balaban J connectivity index is 2.18. The molecule has 0 aliphatic heterocycles. The smallest absolute Gasteiger partial charge is 0.264 e. The standard InChI is InChI=1S/C15H19N3O2/c1-9-6-10-11(7-15(2,3)8-12(10)19)18(9)13-4-5-14(20)17-16-13/h4-6,12,19H,7-8H2,1-3H3,(H,17,20). The number of aliphatic hydroxyl groups is 1. The molecule has 2 heterocycles. The maximum Gasteiger partial charge on any atom is 0.264 e. The Hall–Kier alpha value is -1.88. The minimum atomic E-state index is -0.434. The van der Waals surface area contributed by atoms with Crippen LogP contribution in [0.4, 0.5) is 0 Å². The molecule has 1 aliphatic rings. The Bertz CT molecular complexity index is 692. The van der Waals surface area contributed by atoms with Gasteiger partial charge in [-0.25, -0.2) is 5.10 Å². The first-order valence-electron chi connectivity index (χ1n) is 6.83. The lowest BCUT2D eigenvalue weighted by Gasteiger charge is -2.33. The van der Waals surface area contributed by atoms with Gasteiger partial charge in [-0.05, 0) is 37.3 Å². The summed E-state index contributed by atoms with van der Waals surface area (Å²) in [6.07, 6.45) is 1.22. The maximum absolute atomic E-state index is 11.2. The van der Waals surface area contributed by atoms with Crippen LogP contribution < -0.4 is 5.56 Å². The fourth-order valence-corrected chi connectivity index (χ4v) is 3.12. The van der Waals surface area contributed by atoms with Gasteiger partial charge in [0.1, 0.15) is 0 Å². The van der Waals surface area contributed by atoms with Gasteiger partial charge in [0.25, 0.3) is 5.56 Å². The zero-order valence-electron chi connectivity index (χ0n) is 12.0. The number of aromatic nitrogens is 3. The average Bonchev–Trinajstić information content (AvgIpc) is 2.66. The number of aliphatic hydroxyl groups excluding tert-OH is 1. The van der Waals surface area contributed by atoms with E-state index in [0.717, 1.165) is 29.8 Å². The van der Waals surface area contributed by atoms with E-state index in [0.29, 0.717) is 5.82 Å². The van der Waals surface area contributed by atoms with Crippen LogP contribution in [0.15, 0.2) is 23.0 Å². The lowest BCUT2D eigenvalue weighted by atomic mass is 9.75. The van der Waals surface area contributed by atoms with E-state index in [1.54, 1.807) is 6.07 Å². The summed E-state index contributed by atoms with van der Waals surface area (Å²) < 4.78 is 2.02. The Morgan fingerprint density at radius 2 is 2.20 bits per heavy atom. The van der Waals surface area contributed by atoms with Crippen LogP contribution in [-0.2, 0) is 6.42 Å². The Morgan fingerprint density at radius 1 is 1.45 bits per heavy atom. The van der Waals surface area contributed by atoms with Crippen molar-refractivity contribution in [2.45, 2.75) is 39.7 Å². The van der Waals surface area contributed by atoms with E-state index in [-0.39, 0.29) is 11.0 Å². The number of rotatable bonds is 1. The molecule has 106 valence electrons. The molecule has 0 radical (unpaired) electrons. The molecule has 3 rings (SSSR count). The van der Waals surface area contributed by atoms with Gasteiger partial charge in [-0.3, -0.25) is 4.79 Å². The molecule has 5 nitrogen and oxygen atoms in total. The minimum absolute atomic E-state index is 0.0527. The third-order valence-electron chi connectivity index (χ3n) is 3.96. The Kier molecular flexibility index (Phi) is 2.83. The normalized spacial score (nSPS) is 20.7. The molecular weight excluding hydrogens is 254 g/mol. The molecule has 2 N–H and O–H groups in total. The van der Waals surface area contributed by atoms with Gasteiger partial charge in [0.15, 0.2) is 5.82 Å². The molecular formula is C15H19N3O2. The first-order chi connectivity index (χ1) is 9.37. The van der Waals surface area contributed by atoms with E-state index >= 15 is 0 Å². The van der Waals surface area contributed by atoms with Gasteiger partial charge in [-0.1, -0.05) is 13.8 Å². The van der Waals surface area contributed by atoms with Gasteiger partial charge in [0.05, 0.1) is 6.10 Å². The number of nitrogens with zero attached hydrogens (tertiary/aromatic N) is 2. The van der Waals surface area contributed by atoms with Crippen molar-refractivity contribution in [3.8, 4) is 5.82 Å². The lowest BCUT2D eigenvalue weighted by molar-refractivity contribution is 0.0986. The third kappa shape index (κ3) is 2.08. The van der Waals surface area contributed by atoms with E-state index in [4.69, 9.17) is 0 Å². The van der Waals surface area contributed by atoms with E-state index in [9.17, 15) is 9.90 Å². The predicted octanol–water partition coefficient (Wildman–Crippen LogP) is 1.87. The Morgan fingerprint density at radius 3 is 2.85 bits per heavy atom. The van der Waals surface area contributed by atoms with Crippen molar-refractivity contribution >= 4 is 0 Å². The summed E-state index contributed by atoms with van der Waals surface area (Å²) in [5, 5.41) is 16.9. The largest absolute Gasteiger partial charge is 0.388 e. The molecule has 0 fully saturated rings. The van der Waals surface area contributed by atoms with Crippen molar-refractivity contribution < 1.29 is 5.11 Å². The molecule has 1 atom stereocenters. The van der Waals surface area contributed by atoms with Crippen LogP contribution in [0.5, 0.6) is 0 Å². The van der Waals surface area contributed by atoms with E-state index < -0.39 is 6.10 Å². The van der Waals surface area contributed by atoms with E-state index in [1.807, 2.05) is 17.6 Å². The highest BCUT2D eigenvalue weighted by Gasteiger charge is 2.34. The molecule has 1 unspecified atom stereocenters. The van der Waals surface area contributed by atoms with Crippen molar-refractivity contribution in [2.75, 3.05) is 0 Å². The van der Waals surface area contributed by atoms with Crippen LogP contribution in [0.2, 0.25) is 0 Å². The third-order valence-corrected chi connectivity index (χ3v) is 3.96. The van der Waals surface area contributed by atoms with Crippen LogP contribution in [0.25, 0.3) is 5.82 Å². The van der Waals surface area contributed by atoms with Gasteiger partial charge in [-0.2, -0.15) is 5.10 Å². The predicted molar refractivity (Wildman–Crippen MR) is 76.0 cm³/mol. The summed E-state index contributed by atoms with van der Waals surface area (Å²) >= 11 is 0. The molecule has 0 spiro atoms. The molecule has 0 saturated heterocycles. The van der Waals surface area contributed by atoms with Crippen molar-refractivity contribution in [3.63, 3.8) is 0 Å². The SMILES string of the molecule is Cc1cc2c(n1-c1ccc(=O)[nH]n1)CC(C)(C)CC2O. The number of hydrogen-bond acceptors (Lipinski definition) is 3. The number of hydrogen-bond donors (Lipinski definition) is 2. The number of fused-ring (bicyclic) bond motifs is 1. The van der Waals surface area contributed by atoms with Gasteiger partial charge in [0.2, 0.25) is 0 Å². The van der Waals surface area contributed by atoms with Crippen molar-refractivity contribution in [1.29, 1.82) is 0 Å². The fourth-order valence-electron chi connectivity index (χ4n) is 3.12. The van der Waals surface area contributed by atoms with Crippen LogP contribution in [0.3, 0.4) is 0 Å². The first kappa shape index (κ1) is 13.1. The zero-order chi connectivity index (χ0) is 14.5. The molecule has 0 aromatic carbocycles. The molecule has 0 amide bonds. The number of aryl methyl sites for hydroxylation is 1. The van der Waals surface area contributed by atoms with E-state index in [2.05, 4.69) is 24.0 Å². The monoisotopic (exact) mass is 273 g/mol. The molecule has 0 bridgehead atoms. The van der Waals surface area contributed by atoms with Crippen molar-refractivity contribution in [1.82, 2.24) is 14.8 Å². The second-order valence-electron chi connectivity index (χ2n) is 6.36. The maximum atomic E-state index is 11.2. The highest BCUT2D eigenvalue weighted by molar-refractivity contribution is 5.40. The molecule has 2 aromatic heterocycles. The minimum Gasteiger partial charge on any atom is -0.388 e. The average molecular weight is 273 g/mol. The second kappa shape index (κ2) is 4.31. The Labute approximate surface area is 117 Å². The fraction of sp³-hybridized carbons (Fsp3) is 0.467. The number of aromatic amines is 1. The van der Waals surface area contributed by atoms with Gasteiger partial charge in [-0.15, -0.1) is 0 Å². The summed E-state index contributed by atoms with van der Waals surface area (Å²) in [4.78, 5) is 11.2. The lowest BCUT2D eigenvalue weighted by Crippen LogP contribution is -2.27. The molecule has 20 heavy (non-hydrogen) atoms. The summed E-state index contributed by atoms with van der Waals surface area (Å²) in [6, 6.07) is 5.20. The first-order valence-corrected chi connectivity index (χ1v) is 6.83. The molecule has 1 aliphatic carbocycles. The molecule has 0 saturated carbocycles. The zero-order valence-corrected chi connectivity index (χ0v) is 12.0. The van der Waals surface area contributed by atoms with Crippen LogP contribution >= 0.6 is 0 Å². The quantitative estimate of drug-likeness (QED) is 0.833. The van der Waals surface area contributed by atoms with Crippen LogP contribution in [-0.4, -0.2) is 19.9 Å². The van der Waals surface area contributed by atoms with E-state index in [1.165, 1.54) is 6.07 Å². The summed E-state index contributed by atoms with van der Waals surface area (Å²) in [7, 11) is 0. The highest BCUT2D eigenvalue weighted by Crippen LogP contribution is 2.42. The summed E-state index contributed by atoms with van der Waals surface area (Å²) in [5.41, 5.74) is 2.93. The second-order valence-corrected chi connectivity index (χ2v) is 6.36. The highest BCUT2D eigenvalue weighted by atomic mass is 16.3. The summed E-state index contributed by atoms with van der Waals surface area (Å²) in [6.45, 7) is 6.31. The van der Waals surface area contributed by atoms with Gasteiger partial charge in [0, 0.05) is 23.0 Å². The van der Waals surface area contributed by atoms with Crippen molar-refractivity contribution in [2.24, 2.45) is 5.41 Å².